The number of halogens is 2. The summed E-state index contributed by atoms with van der Waals surface area (Å²) in [5.41, 5.74) is 0.616. The highest BCUT2D eigenvalue weighted by molar-refractivity contribution is 8.00. The summed E-state index contributed by atoms with van der Waals surface area (Å²) in [6.07, 6.45) is 0. The average Bonchev–Trinajstić information content (AvgIpc) is 2.93. The number of thiazole rings is 1. The minimum atomic E-state index is -0.102. The normalized spacial score (nSPS) is 10.8. The van der Waals surface area contributed by atoms with Gasteiger partial charge in [0.1, 0.15) is 5.52 Å². The molecule has 22 heavy (non-hydrogen) atoms. The summed E-state index contributed by atoms with van der Waals surface area (Å²) in [5, 5.41) is 4.19. The SMILES string of the molecule is O=C(CSc1ccccc1)Nc1nc2c(Cl)c(Cl)ccc2s1. The first kappa shape index (κ1) is 15.6. The van der Waals surface area contributed by atoms with Crippen LogP contribution < -0.4 is 5.32 Å². The predicted molar refractivity (Wildman–Crippen MR) is 95.4 cm³/mol. The molecule has 0 aliphatic heterocycles. The van der Waals surface area contributed by atoms with Gasteiger partial charge in [0.25, 0.3) is 0 Å². The molecule has 1 aromatic heterocycles. The minimum Gasteiger partial charge on any atom is -0.301 e. The van der Waals surface area contributed by atoms with Gasteiger partial charge in [0.05, 0.1) is 20.5 Å². The Labute approximate surface area is 145 Å². The summed E-state index contributed by atoms with van der Waals surface area (Å²) in [6, 6.07) is 13.3. The molecular formula is C15H10Cl2N2OS2. The molecule has 0 fully saturated rings. The van der Waals surface area contributed by atoms with E-state index in [1.807, 2.05) is 36.4 Å². The van der Waals surface area contributed by atoms with E-state index in [4.69, 9.17) is 23.2 Å². The molecule has 0 aliphatic carbocycles. The monoisotopic (exact) mass is 368 g/mol. The Morgan fingerprint density at radius 1 is 1.18 bits per heavy atom. The molecule has 3 nitrogen and oxygen atoms in total. The third-order valence-corrected chi connectivity index (χ3v) is 5.55. The summed E-state index contributed by atoms with van der Waals surface area (Å²) < 4.78 is 0.889. The summed E-state index contributed by atoms with van der Waals surface area (Å²) in [5.74, 6) is 0.226. The maximum Gasteiger partial charge on any atom is 0.236 e. The Balaban J connectivity index is 1.68. The Kier molecular flexibility index (Phi) is 4.88. The molecule has 3 rings (SSSR count). The Morgan fingerprint density at radius 2 is 1.95 bits per heavy atom. The van der Waals surface area contributed by atoms with Gasteiger partial charge in [-0.15, -0.1) is 11.8 Å². The van der Waals surface area contributed by atoms with E-state index in [0.717, 1.165) is 9.60 Å². The third-order valence-electron chi connectivity index (χ3n) is 2.81. The summed E-state index contributed by atoms with van der Waals surface area (Å²) >= 11 is 14.9. The number of aromatic nitrogens is 1. The standard InChI is InChI=1S/C15H10Cl2N2OS2/c16-10-6-7-11-14(13(10)17)19-15(22-11)18-12(20)8-21-9-4-2-1-3-5-9/h1-7H,8H2,(H,18,19,20). The summed E-state index contributed by atoms with van der Waals surface area (Å²) in [6.45, 7) is 0. The molecular weight excluding hydrogens is 359 g/mol. The number of nitrogens with one attached hydrogen (secondary N) is 1. The topological polar surface area (TPSA) is 42.0 Å². The fraction of sp³-hybridized carbons (Fsp3) is 0.0667. The molecule has 0 saturated heterocycles. The molecule has 3 aromatic rings. The fourth-order valence-corrected chi connectivity index (χ4v) is 3.84. The van der Waals surface area contributed by atoms with Crippen LogP contribution in [-0.2, 0) is 4.79 Å². The molecule has 0 saturated carbocycles. The van der Waals surface area contributed by atoms with Crippen molar-refractivity contribution in [1.82, 2.24) is 4.98 Å². The Morgan fingerprint density at radius 3 is 2.73 bits per heavy atom. The van der Waals surface area contributed by atoms with Crippen LogP contribution in [0.3, 0.4) is 0 Å². The highest BCUT2D eigenvalue weighted by atomic mass is 35.5. The van der Waals surface area contributed by atoms with Gasteiger partial charge in [-0.3, -0.25) is 4.79 Å². The molecule has 2 aromatic carbocycles. The number of amides is 1. The number of carbonyl (C=O) groups is 1. The lowest BCUT2D eigenvalue weighted by Gasteiger charge is -2.01. The van der Waals surface area contributed by atoms with E-state index < -0.39 is 0 Å². The molecule has 7 heteroatoms. The number of hydrogen-bond donors (Lipinski definition) is 1. The van der Waals surface area contributed by atoms with Crippen LogP contribution in [0.5, 0.6) is 0 Å². The van der Waals surface area contributed by atoms with Crippen LogP contribution in [0.2, 0.25) is 10.0 Å². The van der Waals surface area contributed by atoms with Gasteiger partial charge >= 0.3 is 0 Å². The fourth-order valence-electron chi connectivity index (χ4n) is 1.81. The van der Waals surface area contributed by atoms with Crippen LogP contribution >= 0.6 is 46.3 Å². The van der Waals surface area contributed by atoms with E-state index in [2.05, 4.69) is 10.3 Å². The van der Waals surface area contributed by atoms with Crippen molar-refractivity contribution in [2.45, 2.75) is 4.90 Å². The quantitative estimate of drug-likeness (QED) is 0.632. The molecule has 1 heterocycles. The van der Waals surface area contributed by atoms with Crippen molar-refractivity contribution >= 4 is 67.6 Å². The maximum absolute atomic E-state index is 12.0. The van der Waals surface area contributed by atoms with Gasteiger partial charge in [-0.1, -0.05) is 52.7 Å². The van der Waals surface area contributed by atoms with E-state index >= 15 is 0 Å². The average molecular weight is 369 g/mol. The van der Waals surface area contributed by atoms with Crippen molar-refractivity contribution < 1.29 is 4.79 Å². The number of anilines is 1. The van der Waals surface area contributed by atoms with Crippen molar-refractivity contribution in [2.24, 2.45) is 0 Å². The number of hydrogen-bond acceptors (Lipinski definition) is 4. The lowest BCUT2D eigenvalue weighted by molar-refractivity contribution is -0.113. The predicted octanol–water partition coefficient (Wildman–Crippen LogP) is 5.33. The highest BCUT2D eigenvalue weighted by Crippen LogP contribution is 2.35. The molecule has 112 valence electrons. The number of carbonyl (C=O) groups excluding carboxylic acids is 1. The molecule has 1 amide bonds. The molecule has 0 unspecified atom stereocenters. The number of benzene rings is 2. The molecule has 0 aliphatic rings. The van der Waals surface area contributed by atoms with Crippen LogP contribution in [0.4, 0.5) is 5.13 Å². The van der Waals surface area contributed by atoms with Crippen LogP contribution in [0.15, 0.2) is 47.4 Å². The van der Waals surface area contributed by atoms with Crippen LogP contribution in [0.25, 0.3) is 10.2 Å². The number of thioether (sulfide) groups is 1. The van der Waals surface area contributed by atoms with Crippen molar-refractivity contribution in [3.8, 4) is 0 Å². The number of fused-ring (bicyclic) bond motifs is 1. The second-order valence-electron chi connectivity index (χ2n) is 4.38. The van der Waals surface area contributed by atoms with Crippen molar-refractivity contribution in [3.05, 3.63) is 52.5 Å². The third kappa shape index (κ3) is 3.55. The van der Waals surface area contributed by atoms with Gasteiger partial charge in [0.15, 0.2) is 5.13 Å². The summed E-state index contributed by atoms with van der Waals surface area (Å²) in [4.78, 5) is 17.4. The van der Waals surface area contributed by atoms with Crippen LogP contribution in [-0.4, -0.2) is 16.6 Å². The van der Waals surface area contributed by atoms with Gasteiger partial charge in [0, 0.05) is 4.90 Å². The van der Waals surface area contributed by atoms with Gasteiger partial charge in [-0.25, -0.2) is 4.98 Å². The molecule has 0 atom stereocenters. The summed E-state index contributed by atoms with van der Waals surface area (Å²) in [7, 11) is 0. The lowest BCUT2D eigenvalue weighted by Crippen LogP contribution is -2.13. The smallest absolute Gasteiger partial charge is 0.236 e. The second kappa shape index (κ2) is 6.87. The van der Waals surface area contributed by atoms with Crippen molar-refractivity contribution in [2.75, 3.05) is 11.1 Å². The largest absolute Gasteiger partial charge is 0.301 e. The zero-order chi connectivity index (χ0) is 15.5. The number of nitrogens with zero attached hydrogens (tertiary/aromatic N) is 1. The van der Waals surface area contributed by atoms with Gasteiger partial charge in [-0.2, -0.15) is 0 Å². The van der Waals surface area contributed by atoms with Gasteiger partial charge in [0.2, 0.25) is 5.91 Å². The first-order valence-corrected chi connectivity index (χ1v) is 8.91. The van der Waals surface area contributed by atoms with Crippen LogP contribution in [0, 0.1) is 0 Å². The van der Waals surface area contributed by atoms with Crippen molar-refractivity contribution in [1.29, 1.82) is 0 Å². The molecule has 0 spiro atoms. The lowest BCUT2D eigenvalue weighted by atomic mass is 10.3. The highest BCUT2D eigenvalue weighted by Gasteiger charge is 2.12. The Bertz CT molecular complexity index is 821. The van der Waals surface area contributed by atoms with E-state index in [0.29, 0.717) is 26.4 Å². The maximum atomic E-state index is 12.0. The van der Waals surface area contributed by atoms with Gasteiger partial charge < -0.3 is 5.32 Å². The van der Waals surface area contributed by atoms with E-state index in [9.17, 15) is 4.79 Å². The van der Waals surface area contributed by atoms with Crippen molar-refractivity contribution in [3.63, 3.8) is 0 Å². The molecule has 1 N–H and O–H groups in total. The van der Waals surface area contributed by atoms with E-state index in [1.54, 1.807) is 6.07 Å². The molecule has 0 radical (unpaired) electrons. The Hall–Kier alpha value is -1.27. The second-order valence-corrected chi connectivity index (χ2v) is 7.24. The zero-order valence-electron chi connectivity index (χ0n) is 11.2. The van der Waals surface area contributed by atoms with Crippen LogP contribution in [0.1, 0.15) is 0 Å². The number of rotatable bonds is 4. The van der Waals surface area contributed by atoms with Gasteiger partial charge in [-0.05, 0) is 24.3 Å². The first-order valence-electron chi connectivity index (χ1n) is 6.36. The zero-order valence-corrected chi connectivity index (χ0v) is 14.3. The molecule has 0 bridgehead atoms. The minimum absolute atomic E-state index is 0.102. The first-order chi connectivity index (χ1) is 10.6. The van der Waals surface area contributed by atoms with E-state index in [-0.39, 0.29) is 5.91 Å². The van der Waals surface area contributed by atoms with E-state index in [1.165, 1.54) is 23.1 Å².